The van der Waals surface area contributed by atoms with Gasteiger partial charge in [-0.2, -0.15) is 0 Å². The molecule has 4 rings (SSSR count). The van der Waals surface area contributed by atoms with E-state index < -0.39 is 5.91 Å². The molecule has 0 unspecified atom stereocenters. The molecule has 1 amide bonds. The normalized spacial score (nSPS) is 13.0. The lowest BCUT2D eigenvalue weighted by Gasteiger charge is -2.32. The van der Waals surface area contributed by atoms with Crippen molar-refractivity contribution in [3.8, 4) is 17.2 Å². The van der Waals surface area contributed by atoms with Crippen LogP contribution in [0.5, 0.6) is 5.75 Å². The van der Waals surface area contributed by atoms with E-state index in [1.807, 2.05) is 49.4 Å². The van der Waals surface area contributed by atoms with Gasteiger partial charge in [0.15, 0.2) is 0 Å². The minimum Gasteiger partial charge on any atom is -0.493 e. The van der Waals surface area contributed by atoms with Gasteiger partial charge in [0.25, 0.3) is 5.91 Å². The molecule has 7 nitrogen and oxygen atoms in total. The molecule has 3 aromatic rings. The predicted molar refractivity (Wildman–Crippen MR) is 123 cm³/mol. The van der Waals surface area contributed by atoms with Gasteiger partial charge in [0.1, 0.15) is 11.5 Å². The molecule has 1 aliphatic heterocycles. The molecule has 2 heterocycles. The lowest BCUT2D eigenvalue weighted by Crippen LogP contribution is -2.31. The van der Waals surface area contributed by atoms with Crippen LogP contribution in [0, 0.1) is 18.8 Å². The Labute approximate surface area is 187 Å². The number of nitroso groups, excluding NO2 is 1. The van der Waals surface area contributed by atoms with Crippen LogP contribution >= 0.6 is 0 Å². The summed E-state index contributed by atoms with van der Waals surface area (Å²) in [6.07, 6.45) is 2.66. The second kappa shape index (κ2) is 9.77. The maximum absolute atomic E-state index is 11.3. The lowest BCUT2D eigenvalue weighted by molar-refractivity contribution is -0.117. The number of ether oxygens (including phenoxy) is 1. The van der Waals surface area contributed by atoms with E-state index in [0.717, 1.165) is 53.4 Å². The van der Waals surface area contributed by atoms with Crippen molar-refractivity contribution in [2.24, 2.45) is 5.18 Å². The number of hydrogen-bond donors (Lipinski definition) is 0. The quantitative estimate of drug-likeness (QED) is 0.464. The van der Waals surface area contributed by atoms with E-state index in [1.54, 1.807) is 0 Å². The molecule has 166 valence electrons. The van der Waals surface area contributed by atoms with E-state index in [1.165, 1.54) is 5.56 Å². The van der Waals surface area contributed by atoms with Gasteiger partial charge in [-0.05, 0) is 51.0 Å². The molecule has 2 aromatic carbocycles. The van der Waals surface area contributed by atoms with Gasteiger partial charge >= 0.3 is 0 Å². The Hall–Kier alpha value is -3.48. The van der Waals surface area contributed by atoms with Crippen molar-refractivity contribution in [2.45, 2.75) is 39.5 Å². The van der Waals surface area contributed by atoms with Crippen LogP contribution in [0.2, 0.25) is 0 Å². The molecule has 0 bridgehead atoms. The summed E-state index contributed by atoms with van der Waals surface area (Å²) in [5, 5.41) is 2.49. The van der Waals surface area contributed by atoms with Gasteiger partial charge in [0.2, 0.25) is 5.89 Å². The number of oxazole rings is 1. The van der Waals surface area contributed by atoms with Crippen molar-refractivity contribution >= 4 is 11.6 Å². The van der Waals surface area contributed by atoms with Crippen molar-refractivity contribution in [1.82, 2.24) is 4.98 Å². The summed E-state index contributed by atoms with van der Waals surface area (Å²) in [6.45, 7) is 5.81. The Balaban J connectivity index is 1.41. The Kier molecular flexibility index (Phi) is 6.63. The topological polar surface area (TPSA) is 85.0 Å². The average Bonchev–Trinajstić information content (AvgIpc) is 3.18. The number of carbonyl (C=O) groups is 1. The first-order valence-corrected chi connectivity index (χ1v) is 10.9. The molecule has 1 aromatic heterocycles. The average molecular weight is 434 g/mol. The molecule has 0 N–H and O–H groups in total. The summed E-state index contributed by atoms with van der Waals surface area (Å²) in [5.41, 5.74) is 5.26. The Morgan fingerprint density at radius 1 is 1.19 bits per heavy atom. The van der Waals surface area contributed by atoms with Crippen LogP contribution in [0.25, 0.3) is 11.5 Å². The van der Waals surface area contributed by atoms with Gasteiger partial charge in [-0.25, -0.2) is 4.98 Å². The van der Waals surface area contributed by atoms with Gasteiger partial charge in [-0.15, -0.1) is 4.91 Å². The summed E-state index contributed by atoms with van der Waals surface area (Å²) in [5.74, 6) is 1.67. The van der Waals surface area contributed by atoms with Crippen molar-refractivity contribution < 1.29 is 13.9 Å². The number of benzene rings is 2. The Bertz CT molecular complexity index is 1100. The van der Waals surface area contributed by atoms with Crippen LogP contribution < -0.4 is 9.64 Å². The number of nitrogens with zero attached hydrogens (tertiary/aromatic N) is 3. The molecule has 0 atom stereocenters. The molecule has 0 spiro atoms. The molecule has 32 heavy (non-hydrogen) atoms. The number of aromatic nitrogens is 1. The lowest BCUT2D eigenvalue weighted by atomic mass is 10.0. The Morgan fingerprint density at radius 3 is 2.78 bits per heavy atom. The minimum atomic E-state index is -0.613. The molecule has 0 saturated carbocycles. The summed E-state index contributed by atoms with van der Waals surface area (Å²) < 4.78 is 12.0. The van der Waals surface area contributed by atoms with Crippen molar-refractivity contribution in [1.29, 1.82) is 0 Å². The number of rotatable bonds is 8. The van der Waals surface area contributed by atoms with Crippen LogP contribution in [0.1, 0.15) is 35.4 Å². The second-order valence-electron chi connectivity index (χ2n) is 8.07. The highest BCUT2D eigenvalue weighted by Gasteiger charge is 2.21. The number of hydrogen-bond acceptors (Lipinski definition) is 6. The molecular weight excluding hydrogens is 406 g/mol. The van der Waals surface area contributed by atoms with Gasteiger partial charge < -0.3 is 14.1 Å². The largest absolute Gasteiger partial charge is 0.493 e. The van der Waals surface area contributed by atoms with Crippen LogP contribution in [-0.4, -0.2) is 30.6 Å². The predicted octanol–water partition coefficient (Wildman–Crippen LogP) is 5.02. The highest BCUT2D eigenvalue weighted by atomic mass is 16.5. The smallest absolute Gasteiger partial charge is 0.288 e. The van der Waals surface area contributed by atoms with E-state index in [9.17, 15) is 9.70 Å². The molecule has 0 fully saturated rings. The summed E-state index contributed by atoms with van der Waals surface area (Å²) in [7, 11) is 0. The number of carbonyl (C=O) groups excluding carboxylic acids is 1. The van der Waals surface area contributed by atoms with E-state index in [2.05, 4.69) is 22.0 Å². The van der Waals surface area contributed by atoms with Gasteiger partial charge in [0, 0.05) is 47.9 Å². The van der Waals surface area contributed by atoms with Gasteiger partial charge in [0.05, 0.1) is 12.3 Å². The maximum Gasteiger partial charge on any atom is 0.288 e. The molecule has 1 aliphatic rings. The van der Waals surface area contributed by atoms with E-state index in [-0.39, 0.29) is 6.42 Å². The molecule has 0 radical (unpaired) electrons. The monoisotopic (exact) mass is 433 g/mol. The summed E-state index contributed by atoms with van der Waals surface area (Å²) >= 11 is 0. The third-order valence-corrected chi connectivity index (χ3v) is 5.79. The van der Waals surface area contributed by atoms with Crippen molar-refractivity contribution in [3.63, 3.8) is 0 Å². The number of anilines is 1. The third-order valence-electron chi connectivity index (χ3n) is 5.79. The van der Waals surface area contributed by atoms with Crippen molar-refractivity contribution in [3.05, 3.63) is 70.0 Å². The fourth-order valence-corrected chi connectivity index (χ4v) is 4.05. The molecule has 0 saturated heterocycles. The first kappa shape index (κ1) is 21.7. The third kappa shape index (κ3) is 4.88. The zero-order chi connectivity index (χ0) is 22.5. The fourth-order valence-electron chi connectivity index (χ4n) is 4.05. The van der Waals surface area contributed by atoms with Gasteiger partial charge in [-0.1, -0.05) is 23.8 Å². The van der Waals surface area contributed by atoms with Crippen LogP contribution in [-0.2, 0) is 17.6 Å². The molecular formula is C25H27N3O4. The minimum absolute atomic E-state index is 0.128. The van der Waals surface area contributed by atoms with Crippen LogP contribution in [0.15, 0.2) is 52.1 Å². The van der Waals surface area contributed by atoms with E-state index in [4.69, 9.17) is 9.15 Å². The number of aryl methyl sites for hydroxylation is 2. The first-order valence-electron chi connectivity index (χ1n) is 10.9. The zero-order valence-electron chi connectivity index (χ0n) is 18.5. The van der Waals surface area contributed by atoms with E-state index in [0.29, 0.717) is 25.5 Å². The van der Waals surface area contributed by atoms with Crippen LogP contribution in [0.4, 0.5) is 5.69 Å². The van der Waals surface area contributed by atoms with E-state index >= 15 is 0 Å². The second-order valence-corrected chi connectivity index (χ2v) is 8.07. The zero-order valence-corrected chi connectivity index (χ0v) is 18.5. The highest BCUT2D eigenvalue weighted by Crippen LogP contribution is 2.34. The fraction of sp³-hybridized carbons (Fsp3) is 0.360. The number of fused-ring (bicyclic) bond motifs is 1. The summed E-state index contributed by atoms with van der Waals surface area (Å²) in [4.78, 5) is 28.5. The Morgan fingerprint density at radius 2 is 2.00 bits per heavy atom. The number of amides is 1. The summed E-state index contributed by atoms with van der Waals surface area (Å²) in [6, 6.07) is 14.1. The molecule has 0 aliphatic carbocycles. The first-order chi connectivity index (χ1) is 15.5. The SMILES string of the molecule is Cc1ccc(-c2nc(CCOc3cccc4c3CCCN4CCC(=O)N=O)c(C)o2)cc1. The highest BCUT2D eigenvalue weighted by molar-refractivity contribution is 5.77. The standard InChI is InChI=1S/C25H27N3O4/c1-17-8-10-19(11-9-17)25-26-21(18(2)32-25)13-16-31-23-7-3-6-22-20(23)5-4-14-28(22)15-12-24(29)27-30/h3,6-11H,4-5,12-16H2,1-2H3. The van der Waals surface area contributed by atoms with Gasteiger partial charge in [-0.3, -0.25) is 4.79 Å². The van der Waals surface area contributed by atoms with Crippen LogP contribution in [0.3, 0.4) is 0 Å². The maximum atomic E-state index is 11.3. The van der Waals surface area contributed by atoms with Crippen molar-refractivity contribution in [2.75, 3.05) is 24.6 Å². The molecule has 7 heteroatoms.